The summed E-state index contributed by atoms with van der Waals surface area (Å²) in [6, 6.07) is 1.84. The quantitative estimate of drug-likeness (QED) is 0.341. The van der Waals surface area contributed by atoms with E-state index in [0.29, 0.717) is 24.5 Å². The van der Waals surface area contributed by atoms with Crippen molar-refractivity contribution in [2.24, 2.45) is 5.92 Å². The number of non-ortho nitro benzene ring substituents is 1. The lowest BCUT2D eigenvalue weighted by molar-refractivity contribution is -0.394. The Morgan fingerprint density at radius 2 is 1.96 bits per heavy atom. The first-order chi connectivity index (χ1) is 11.7. The highest BCUT2D eigenvalue weighted by Gasteiger charge is 2.26. The van der Waals surface area contributed by atoms with Crippen LogP contribution in [0.5, 0.6) is 0 Å². The molecule has 0 heterocycles. The van der Waals surface area contributed by atoms with Gasteiger partial charge in [-0.3, -0.25) is 20.2 Å². The first-order valence-corrected chi connectivity index (χ1v) is 7.70. The van der Waals surface area contributed by atoms with Crippen LogP contribution in [-0.4, -0.2) is 15.8 Å². The fourth-order valence-electron chi connectivity index (χ4n) is 2.72. The SMILES string of the molecule is C=C(C)[C@@H]1CC=C(OC(=O)c2cc([N+](=O)[O-])cc([N+](=O)[O-])c2C)CC1. The van der Waals surface area contributed by atoms with E-state index in [2.05, 4.69) is 6.58 Å². The van der Waals surface area contributed by atoms with E-state index in [1.54, 1.807) is 6.08 Å². The van der Waals surface area contributed by atoms with E-state index >= 15 is 0 Å². The highest BCUT2D eigenvalue weighted by Crippen LogP contribution is 2.31. The molecule has 0 bridgehead atoms. The van der Waals surface area contributed by atoms with Gasteiger partial charge >= 0.3 is 5.97 Å². The predicted octanol–water partition coefficient (Wildman–Crippen LogP) is 4.23. The summed E-state index contributed by atoms with van der Waals surface area (Å²) in [5, 5.41) is 22.0. The van der Waals surface area contributed by atoms with Crippen LogP contribution in [0.15, 0.2) is 36.1 Å². The third kappa shape index (κ3) is 4.09. The Balaban J connectivity index is 2.29. The maximum atomic E-state index is 12.4. The van der Waals surface area contributed by atoms with Gasteiger partial charge in [-0.25, -0.2) is 4.79 Å². The Hall–Kier alpha value is -3.03. The van der Waals surface area contributed by atoms with Crippen LogP contribution in [0.4, 0.5) is 11.4 Å². The minimum Gasteiger partial charge on any atom is -0.428 e. The number of nitro groups is 2. The van der Waals surface area contributed by atoms with Gasteiger partial charge in [-0.05, 0) is 38.7 Å². The van der Waals surface area contributed by atoms with E-state index < -0.39 is 27.2 Å². The van der Waals surface area contributed by atoms with Crippen molar-refractivity contribution < 1.29 is 19.4 Å². The van der Waals surface area contributed by atoms with Gasteiger partial charge in [0, 0.05) is 18.1 Å². The zero-order valence-corrected chi connectivity index (χ0v) is 14.0. The molecule has 0 aliphatic heterocycles. The van der Waals surface area contributed by atoms with Gasteiger partial charge in [0.05, 0.1) is 21.5 Å². The summed E-state index contributed by atoms with van der Waals surface area (Å²) in [5.41, 5.74) is -0.0854. The highest BCUT2D eigenvalue weighted by molar-refractivity contribution is 5.93. The van der Waals surface area contributed by atoms with Crippen LogP contribution < -0.4 is 0 Å². The first-order valence-electron chi connectivity index (χ1n) is 7.70. The van der Waals surface area contributed by atoms with Crippen molar-refractivity contribution in [2.45, 2.75) is 33.1 Å². The summed E-state index contributed by atoms with van der Waals surface area (Å²) in [6.07, 6.45) is 3.83. The van der Waals surface area contributed by atoms with Gasteiger partial charge in [0.2, 0.25) is 0 Å². The minimum absolute atomic E-state index is 0.0387. The zero-order chi connectivity index (χ0) is 18.7. The van der Waals surface area contributed by atoms with Crippen LogP contribution in [0, 0.1) is 33.1 Å². The van der Waals surface area contributed by atoms with Crippen molar-refractivity contribution in [3.8, 4) is 0 Å². The van der Waals surface area contributed by atoms with E-state index in [0.717, 1.165) is 24.1 Å². The average molecular weight is 346 g/mol. The standard InChI is InChI=1S/C17H18N2O6/c1-10(2)12-4-6-14(7-5-12)25-17(20)15-8-13(18(21)22)9-16(11(15)3)19(23)24/h6,8-9,12H,1,4-5,7H2,2-3H3/t12-/m1/s1. The van der Waals surface area contributed by atoms with Crippen molar-refractivity contribution in [2.75, 3.05) is 0 Å². The summed E-state index contributed by atoms with van der Waals surface area (Å²) >= 11 is 0. The number of esters is 1. The number of nitrogens with zero attached hydrogens (tertiary/aromatic N) is 2. The van der Waals surface area contributed by atoms with E-state index in [-0.39, 0.29) is 11.1 Å². The molecule has 0 amide bonds. The number of ether oxygens (including phenoxy) is 1. The lowest BCUT2D eigenvalue weighted by atomic mass is 9.88. The van der Waals surface area contributed by atoms with Gasteiger partial charge in [0.25, 0.3) is 11.4 Å². The van der Waals surface area contributed by atoms with Gasteiger partial charge in [-0.1, -0.05) is 12.2 Å². The molecule has 0 saturated heterocycles. The molecule has 2 rings (SSSR count). The van der Waals surface area contributed by atoms with Crippen molar-refractivity contribution in [3.05, 3.63) is 67.5 Å². The van der Waals surface area contributed by atoms with Crippen LogP contribution in [0.2, 0.25) is 0 Å². The molecule has 0 aromatic heterocycles. The lowest BCUT2D eigenvalue weighted by Crippen LogP contribution is -2.13. The molecule has 0 unspecified atom stereocenters. The summed E-state index contributed by atoms with van der Waals surface area (Å²) in [5.74, 6) is -0.0246. The molecule has 0 saturated carbocycles. The predicted molar refractivity (Wildman–Crippen MR) is 90.1 cm³/mol. The molecule has 0 fully saturated rings. The summed E-state index contributed by atoms with van der Waals surface area (Å²) in [6.45, 7) is 7.22. The van der Waals surface area contributed by atoms with Crippen molar-refractivity contribution >= 4 is 17.3 Å². The molecular formula is C17H18N2O6. The van der Waals surface area contributed by atoms with Gasteiger partial charge in [-0.2, -0.15) is 0 Å². The van der Waals surface area contributed by atoms with Crippen LogP contribution >= 0.6 is 0 Å². The Kier molecular flexibility index (Phi) is 5.31. The molecule has 1 aromatic rings. The number of rotatable bonds is 5. The minimum atomic E-state index is -0.829. The molecule has 0 radical (unpaired) electrons. The second-order valence-corrected chi connectivity index (χ2v) is 6.03. The van der Waals surface area contributed by atoms with Gasteiger partial charge < -0.3 is 4.74 Å². The summed E-state index contributed by atoms with van der Waals surface area (Å²) in [7, 11) is 0. The molecule has 8 heteroatoms. The molecular weight excluding hydrogens is 328 g/mol. The number of carbonyl (C=O) groups excluding carboxylic acids is 1. The zero-order valence-electron chi connectivity index (χ0n) is 14.0. The number of allylic oxidation sites excluding steroid dienone is 3. The lowest BCUT2D eigenvalue weighted by Gasteiger charge is -2.21. The van der Waals surface area contributed by atoms with Crippen molar-refractivity contribution in [1.82, 2.24) is 0 Å². The molecule has 25 heavy (non-hydrogen) atoms. The molecule has 0 N–H and O–H groups in total. The number of hydrogen-bond acceptors (Lipinski definition) is 6. The third-order valence-corrected chi connectivity index (χ3v) is 4.28. The Bertz CT molecular complexity index is 797. The number of nitro benzene ring substituents is 2. The maximum absolute atomic E-state index is 12.4. The van der Waals surface area contributed by atoms with Crippen LogP contribution in [0.3, 0.4) is 0 Å². The Labute approximate surface area is 144 Å². The third-order valence-electron chi connectivity index (χ3n) is 4.28. The Morgan fingerprint density at radius 1 is 1.28 bits per heavy atom. The molecule has 1 aliphatic carbocycles. The normalized spacial score (nSPS) is 16.7. The number of benzene rings is 1. The summed E-state index contributed by atoms with van der Waals surface area (Å²) < 4.78 is 5.30. The number of hydrogen-bond donors (Lipinski definition) is 0. The van der Waals surface area contributed by atoms with Crippen LogP contribution in [-0.2, 0) is 4.74 Å². The first kappa shape index (κ1) is 18.3. The average Bonchev–Trinajstić information content (AvgIpc) is 2.54. The van der Waals surface area contributed by atoms with Gasteiger partial charge in [0.15, 0.2) is 0 Å². The topological polar surface area (TPSA) is 113 Å². The van der Waals surface area contributed by atoms with Crippen molar-refractivity contribution in [3.63, 3.8) is 0 Å². The molecule has 1 aromatic carbocycles. The van der Waals surface area contributed by atoms with Crippen LogP contribution in [0.1, 0.15) is 42.1 Å². The molecule has 1 aliphatic rings. The summed E-state index contributed by atoms with van der Waals surface area (Å²) in [4.78, 5) is 32.9. The monoisotopic (exact) mass is 346 g/mol. The van der Waals surface area contributed by atoms with Crippen molar-refractivity contribution in [1.29, 1.82) is 0 Å². The smallest absolute Gasteiger partial charge is 0.343 e. The van der Waals surface area contributed by atoms with Gasteiger partial charge in [0.1, 0.15) is 5.76 Å². The van der Waals surface area contributed by atoms with E-state index in [4.69, 9.17) is 4.74 Å². The molecule has 0 spiro atoms. The fourth-order valence-corrected chi connectivity index (χ4v) is 2.72. The maximum Gasteiger partial charge on any atom is 0.343 e. The van der Waals surface area contributed by atoms with Crippen LogP contribution in [0.25, 0.3) is 0 Å². The second-order valence-electron chi connectivity index (χ2n) is 6.03. The fraction of sp³-hybridized carbons (Fsp3) is 0.353. The second kappa shape index (κ2) is 7.25. The molecule has 1 atom stereocenters. The highest BCUT2D eigenvalue weighted by atomic mass is 16.6. The number of carbonyl (C=O) groups is 1. The van der Waals surface area contributed by atoms with Gasteiger partial charge in [-0.15, -0.1) is 0 Å². The van der Waals surface area contributed by atoms with E-state index in [1.165, 1.54) is 6.92 Å². The molecule has 8 nitrogen and oxygen atoms in total. The Morgan fingerprint density at radius 3 is 2.44 bits per heavy atom. The van der Waals surface area contributed by atoms with E-state index in [9.17, 15) is 25.0 Å². The van der Waals surface area contributed by atoms with E-state index in [1.807, 2.05) is 6.92 Å². The molecule has 132 valence electrons. The largest absolute Gasteiger partial charge is 0.428 e.